The molecular formula is C19H22N2O3. The number of benzene rings is 2. The maximum Gasteiger partial charge on any atom is 0.251 e. The van der Waals surface area contributed by atoms with Crippen LogP contribution in [0.2, 0.25) is 0 Å². The minimum absolute atomic E-state index is 0.105. The average Bonchev–Trinajstić information content (AvgIpc) is 2.61. The quantitative estimate of drug-likeness (QED) is 0.821. The molecule has 5 nitrogen and oxygen atoms in total. The van der Waals surface area contributed by atoms with Crippen molar-refractivity contribution in [3.8, 4) is 5.75 Å². The second kappa shape index (κ2) is 8.72. The summed E-state index contributed by atoms with van der Waals surface area (Å²) in [6, 6.07) is 16.2. The highest BCUT2D eigenvalue weighted by Gasteiger charge is 2.12. The summed E-state index contributed by atoms with van der Waals surface area (Å²) in [6.45, 7) is 2.26. The molecule has 0 saturated heterocycles. The number of methoxy groups -OCH3 is 1. The summed E-state index contributed by atoms with van der Waals surface area (Å²) in [6.07, 6.45) is 0.231. The van der Waals surface area contributed by atoms with Gasteiger partial charge in [0.25, 0.3) is 5.91 Å². The van der Waals surface area contributed by atoms with Crippen LogP contribution in [0.3, 0.4) is 0 Å². The van der Waals surface area contributed by atoms with Crippen molar-refractivity contribution in [3.63, 3.8) is 0 Å². The highest BCUT2D eigenvalue weighted by Crippen LogP contribution is 2.11. The van der Waals surface area contributed by atoms with Gasteiger partial charge in [-0.25, -0.2) is 0 Å². The molecule has 24 heavy (non-hydrogen) atoms. The molecule has 5 heteroatoms. The van der Waals surface area contributed by atoms with Gasteiger partial charge in [0.1, 0.15) is 5.75 Å². The van der Waals surface area contributed by atoms with Crippen LogP contribution < -0.4 is 15.4 Å². The third kappa shape index (κ3) is 5.43. The predicted octanol–water partition coefficient (Wildman–Crippen LogP) is 2.52. The van der Waals surface area contributed by atoms with Crippen LogP contribution in [0.25, 0.3) is 0 Å². The van der Waals surface area contributed by atoms with Crippen LogP contribution in [-0.2, 0) is 11.3 Å². The van der Waals surface area contributed by atoms with Gasteiger partial charge in [0, 0.05) is 24.6 Å². The molecule has 0 aliphatic carbocycles. The van der Waals surface area contributed by atoms with Crippen molar-refractivity contribution in [2.45, 2.75) is 25.9 Å². The van der Waals surface area contributed by atoms with Gasteiger partial charge in [0.2, 0.25) is 5.91 Å². The summed E-state index contributed by atoms with van der Waals surface area (Å²) in [5.41, 5.74) is 1.58. The monoisotopic (exact) mass is 326 g/mol. The van der Waals surface area contributed by atoms with Gasteiger partial charge in [-0.3, -0.25) is 9.59 Å². The topological polar surface area (TPSA) is 67.4 Å². The van der Waals surface area contributed by atoms with Crippen LogP contribution in [0.1, 0.15) is 29.3 Å². The molecule has 0 fully saturated rings. The first kappa shape index (κ1) is 17.5. The normalized spacial score (nSPS) is 11.4. The second-order valence-electron chi connectivity index (χ2n) is 5.57. The fourth-order valence-electron chi connectivity index (χ4n) is 2.24. The Morgan fingerprint density at radius 1 is 1.04 bits per heavy atom. The molecule has 0 aliphatic rings. The smallest absolute Gasteiger partial charge is 0.251 e. The number of hydrogen-bond donors (Lipinski definition) is 2. The van der Waals surface area contributed by atoms with E-state index in [0.717, 1.165) is 11.3 Å². The first-order chi connectivity index (χ1) is 11.6. The van der Waals surface area contributed by atoms with Crippen LogP contribution in [-0.4, -0.2) is 25.0 Å². The SMILES string of the molecule is COc1ccc(CNC(=O)CC(C)NC(=O)c2ccccc2)cc1. The minimum Gasteiger partial charge on any atom is -0.497 e. The summed E-state index contributed by atoms with van der Waals surface area (Å²) >= 11 is 0. The average molecular weight is 326 g/mol. The van der Waals surface area contributed by atoms with Crippen molar-refractivity contribution in [2.24, 2.45) is 0 Å². The molecule has 0 aliphatic heterocycles. The van der Waals surface area contributed by atoms with Crippen molar-refractivity contribution in [1.29, 1.82) is 0 Å². The van der Waals surface area contributed by atoms with Crippen molar-refractivity contribution in [2.75, 3.05) is 7.11 Å². The lowest BCUT2D eigenvalue weighted by atomic mass is 10.1. The van der Waals surface area contributed by atoms with E-state index in [-0.39, 0.29) is 24.3 Å². The van der Waals surface area contributed by atoms with E-state index in [1.807, 2.05) is 37.3 Å². The largest absolute Gasteiger partial charge is 0.497 e. The number of carbonyl (C=O) groups is 2. The number of hydrogen-bond acceptors (Lipinski definition) is 3. The van der Waals surface area contributed by atoms with E-state index in [9.17, 15) is 9.59 Å². The molecule has 1 atom stereocenters. The summed E-state index contributed by atoms with van der Waals surface area (Å²) in [5.74, 6) is 0.500. The third-order valence-electron chi connectivity index (χ3n) is 3.55. The van der Waals surface area contributed by atoms with Crippen molar-refractivity contribution < 1.29 is 14.3 Å². The Kier molecular flexibility index (Phi) is 6.37. The molecule has 0 radical (unpaired) electrons. The van der Waals surface area contributed by atoms with Gasteiger partial charge in [0.15, 0.2) is 0 Å². The van der Waals surface area contributed by atoms with Crippen LogP contribution in [0.5, 0.6) is 5.75 Å². The molecule has 0 aromatic heterocycles. The summed E-state index contributed by atoms with van der Waals surface area (Å²) < 4.78 is 5.09. The molecule has 0 bridgehead atoms. The zero-order chi connectivity index (χ0) is 17.4. The minimum atomic E-state index is -0.242. The fraction of sp³-hybridized carbons (Fsp3) is 0.263. The molecule has 2 rings (SSSR count). The highest BCUT2D eigenvalue weighted by atomic mass is 16.5. The number of carbonyl (C=O) groups excluding carboxylic acids is 2. The molecule has 2 aromatic rings. The van der Waals surface area contributed by atoms with E-state index in [2.05, 4.69) is 10.6 Å². The second-order valence-corrected chi connectivity index (χ2v) is 5.57. The Hall–Kier alpha value is -2.82. The lowest BCUT2D eigenvalue weighted by Gasteiger charge is -2.14. The fourth-order valence-corrected chi connectivity index (χ4v) is 2.24. The van der Waals surface area contributed by atoms with E-state index < -0.39 is 0 Å². The van der Waals surface area contributed by atoms with Gasteiger partial charge in [0.05, 0.1) is 7.11 Å². The van der Waals surface area contributed by atoms with Crippen LogP contribution >= 0.6 is 0 Å². The predicted molar refractivity (Wildman–Crippen MR) is 92.8 cm³/mol. The number of ether oxygens (including phenoxy) is 1. The summed E-state index contributed by atoms with van der Waals surface area (Å²) in [7, 11) is 1.61. The number of amides is 2. The van der Waals surface area contributed by atoms with Gasteiger partial charge < -0.3 is 15.4 Å². The molecule has 2 aromatic carbocycles. The van der Waals surface area contributed by atoms with Crippen molar-refractivity contribution in [1.82, 2.24) is 10.6 Å². The standard InChI is InChI=1S/C19H22N2O3/c1-14(21-19(23)16-6-4-3-5-7-16)12-18(22)20-13-15-8-10-17(24-2)11-9-15/h3-11,14H,12-13H2,1-2H3,(H,20,22)(H,21,23). The lowest BCUT2D eigenvalue weighted by molar-refractivity contribution is -0.121. The zero-order valence-corrected chi connectivity index (χ0v) is 13.9. The maximum absolute atomic E-state index is 12.0. The molecule has 0 spiro atoms. The van der Waals surface area contributed by atoms with E-state index in [0.29, 0.717) is 12.1 Å². The zero-order valence-electron chi connectivity index (χ0n) is 13.9. The Morgan fingerprint density at radius 3 is 2.33 bits per heavy atom. The van der Waals surface area contributed by atoms with Gasteiger partial charge in [-0.15, -0.1) is 0 Å². The van der Waals surface area contributed by atoms with E-state index >= 15 is 0 Å². The summed E-state index contributed by atoms with van der Waals surface area (Å²) in [5, 5.41) is 5.67. The van der Waals surface area contributed by atoms with E-state index in [1.54, 1.807) is 31.4 Å². The van der Waals surface area contributed by atoms with Crippen molar-refractivity contribution in [3.05, 3.63) is 65.7 Å². The lowest BCUT2D eigenvalue weighted by Crippen LogP contribution is -2.37. The Bertz CT molecular complexity index is 669. The molecular weight excluding hydrogens is 304 g/mol. The van der Waals surface area contributed by atoms with Gasteiger partial charge >= 0.3 is 0 Å². The Labute approximate surface area is 142 Å². The summed E-state index contributed by atoms with van der Waals surface area (Å²) in [4.78, 5) is 24.0. The molecule has 2 N–H and O–H groups in total. The molecule has 126 valence electrons. The number of nitrogens with one attached hydrogen (secondary N) is 2. The Balaban J connectivity index is 1.75. The van der Waals surface area contributed by atoms with E-state index in [1.165, 1.54) is 0 Å². The maximum atomic E-state index is 12.0. The number of rotatable bonds is 7. The van der Waals surface area contributed by atoms with Crippen molar-refractivity contribution >= 4 is 11.8 Å². The molecule has 1 unspecified atom stereocenters. The first-order valence-corrected chi connectivity index (χ1v) is 7.84. The van der Waals surface area contributed by atoms with Gasteiger partial charge in [-0.2, -0.15) is 0 Å². The third-order valence-corrected chi connectivity index (χ3v) is 3.55. The van der Waals surface area contributed by atoms with E-state index in [4.69, 9.17) is 4.74 Å². The molecule has 2 amide bonds. The van der Waals surface area contributed by atoms with Crippen LogP contribution in [0.4, 0.5) is 0 Å². The van der Waals surface area contributed by atoms with Crippen LogP contribution in [0.15, 0.2) is 54.6 Å². The molecule has 0 saturated carbocycles. The van der Waals surface area contributed by atoms with Crippen LogP contribution in [0, 0.1) is 0 Å². The van der Waals surface area contributed by atoms with Gasteiger partial charge in [-0.05, 0) is 36.8 Å². The first-order valence-electron chi connectivity index (χ1n) is 7.84. The van der Waals surface area contributed by atoms with Gasteiger partial charge in [-0.1, -0.05) is 30.3 Å². The Morgan fingerprint density at radius 2 is 1.71 bits per heavy atom. The highest BCUT2D eigenvalue weighted by molar-refractivity contribution is 5.94. The molecule has 0 heterocycles.